The number of likely N-dealkylation sites (tertiary alicyclic amines) is 1. The quantitative estimate of drug-likeness (QED) is 0.895. The maximum Gasteiger partial charge on any atom is 0.416 e. The second-order valence-corrected chi connectivity index (χ2v) is 6.25. The van der Waals surface area contributed by atoms with E-state index in [1.807, 2.05) is 0 Å². The lowest BCUT2D eigenvalue weighted by molar-refractivity contribution is -0.157. The van der Waals surface area contributed by atoms with Crippen LogP contribution >= 0.6 is 0 Å². The third kappa shape index (κ3) is 2.75. The number of carboxylic acids is 1. The minimum absolute atomic E-state index is 0.00849. The zero-order valence-electron chi connectivity index (χ0n) is 12.7. The monoisotopic (exact) mass is 343 g/mol. The molecular weight excluding hydrogens is 327 g/mol. The van der Waals surface area contributed by atoms with Crippen LogP contribution in [-0.2, 0) is 15.7 Å². The first-order valence-corrected chi connectivity index (χ1v) is 7.52. The molecule has 0 aliphatic carbocycles. The van der Waals surface area contributed by atoms with E-state index in [2.05, 4.69) is 0 Å². The summed E-state index contributed by atoms with van der Waals surface area (Å²) in [5.41, 5.74) is -2.07. The standard InChI is InChI=1S/C16H16F3NO4/c17-16(18,19)11-3-1-2-10(6-11)13(21)20-7-12-8-24-5-4-15(12,9-20)14(22)23/h1-3,6,12H,4-5,7-9H2,(H,22,23)/t12-,15+/m0/s1. The van der Waals surface area contributed by atoms with Gasteiger partial charge >= 0.3 is 12.1 Å². The molecule has 130 valence electrons. The Bertz CT molecular complexity index is 676. The molecular formula is C16H16F3NO4. The number of aliphatic carboxylic acids is 1. The van der Waals surface area contributed by atoms with Gasteiger partial charge in [0.25, 0.3) is 5.91 Å². The molecule has 24 heavy (non-hydrogen) atoms. The molecule has 2 atom stereocenters. The number of fused-ring (bicyclic) bond motifs is 1. The second-order valence-electron chi connectivity index (χ2n) is 6.25. The molecule has 2 fully saturated rings. The van der Waals surface area contributed by atoms with Crippen molar-refractivity contribution in [2.24, 2.45) is 11.3 Å². The van der Waals surface area contributed by atoms with Crippen LogP contribution in [0.25, 0.3) is 0 Å². The average Bonchev–Trinajstić information content (AvgIpc) is 2.94. The molecule has 0 spiro atoms. The number of rotatable bonds is 2. The fourth-order valence-corrected chi connectivity index (χ4v) is 3.47. The van der Waals surface area contributed by atoms with Gasteiger partial charge in [-0.3, -0.25) is 9.59 Å². The van der Waals surface area contributed by atoms with Gasteiger partial charge < -0.3 is 14.7 Å². The molecule has 0 radical (unpaired) electrons. The normalized spacial score (nSPS) is 27.0. The lowest BCUT2D eigenvalue weighted by Gasteiger charge is -2.33. The van der Waals surface area contributed by atoms with Crippen LogP contribution in [0.3, 0.4) is 0 Å². The van der Waals surface area contributed by atoms with E-state index < -0.39 is 29.0 Å². The third-order valence-electron chi connectivity index (χ3n) is 4.86. The minimum Gasteiger partial charge on any atom is -0.481 e. The van der Waals surface area contributed by atoms with Crippen molar-refractivity contribution in [3.63, 3.8) is 0 Å². The van der Waals surface area contributed by atoms with E-state index in [0.717, 1.165) is 12.1 Å². The van der Waals surface area contributed by atoms with Crippen molar-refractivity contribution in [2.75, 3.05) is 26.3 Å². The van der Waals surface area contributed by atoms with Crippen LogP contribution in [0.1, 0.15) is 22.3 Å². The third-order valence-corrected chi connectivity index (χ3v) is 4.86. The Balaban J connectivity index is 1.85. The molecule has 2 heterocycles. The van der Waals surface area contributed by atoms with Crippen molar-refractivity contribution in [1.29, 1.82) is 0 Å². The molecule has 0 bridgehead atoms. The highest BCUT2D eigenvalue weighted by atomic mass is 19.4. The molecule has 0 saturated carbocycles. The first-order chi connectivity index (χ1) is 11.2. The lowest BCUT2D eigenvalue weighted by atomic mass is 9.74. The van der Waals surface area contributed by atoms with Crippen molar-refractivity contribution < 1.29 is 32.6 Å². The predicted octanol–water partition coefficient (Wildman–Crippen LogP) is 2.27. The van der Waals surface area contributed by atoms with Gasteiger partial charge in [0.05, 0.1) is 17.6 Å². The number of hydrogen-bond donors (Lipinski definition) is 1. The van der Waals surface area contributed by atoms with Gasteiger partial charge in [0.1, 0.15) is 0 Å². The van der Waals surface area contributed by atoms with Gasteiger partial charge in [-0.1, -0.05) is 6.07 Å². The molecule has 0 unspecified atom stereocenters. The minimum atomic E-state index is -4.54. The molecule has 2 saturated heterocycles. The number of carboxylic acid groups (broad SMARTS) is 1. The average molecular weight is 343 g/mol. The number of benzene rings is 1. The second kappa shape index (κ2) is 5.77. The first kappa shape index (κ1) is 16.8. The fourth-order valence-electron chi connectivity index (χ4n) is 3.47. The number of carbonyl (C=O) groups is 2. The van der Waals surface area contributed by atoms with E-state index in [0.29, 0.717) is 13.0 Å². The van der Waals surface area contributed by atoms with E-state index in [-0.39, 0.29) is 31.2 Å². The molecule has 3 rings (SSSR count). The van der Waals surface area contributed by atoms with E-state index in [1.54, 1.807) is 0 Å². The molecule has 1 N–H and O–H groups in total. The molecule has 0 aromatic heterocycles. The Kier molecular flexibility index (Phi) is 4.03. The summed E-state index contributed by atoms with van der Waals surface area (Å²) >= 11 is 0. The summed E-state index contributed by atoms with van der Waals surface area (Å²) in [5, 5.41) is 9.58. The van der Waals surface area contributed by atoms with Crippen molar-refractivity contribution in [3.05, 3.63) is 35.4 Å². The SMILES string of the molecule is O=C(c1cccc(C(F)(F)F)c1)N1C[C@H]2COCC[C@@]2(C(=O)O)C1. The highest BCUT2D eigenvalue weighted by molar-refractivity contribution is 5.95. The van der Waals surface area contributed by atoms with Crippen molar-refractivity contribution >= 4 is 11.9 Å². The zero-order chi connectivity index (χ0) is 17.5. The molecule has 2 aliphatic rings. The van der Waals surface area contributed by atoms with Crippen LogP contribution in [-0.4, -0.2) is 48.2 Å². The number of amides is 1. The van der Waals surface area contributed by atoms with Gasteiger partial charge in [-0.2, -0.15) is 13.2 Å². The van der Waals surface area contributed by atoms with Crippen molar-refractivity contribution in [1.82, 2.24) is 4.90 Å². The van der Waals surface area contributed by atoms with Gasteiger partial charge in [0, 0.05) is 31.2 Å². The van der Waals surface area contributed by atoms with Crippen LogP contribution in [0.15, 0.2) is 24.3 Å². The number of nitrogens with zero attached hydrogens (tertiary/aromatic N) is 1. The van der Waals surface area contributed by atoms with Crippen LogP contribution in [0.5, 0.6) is 0 Å². The largest absolute Gasteiger partial charge is 0.481 e. The predicted molar refractivity (Wildman–Crippen MR) is 76.3 cm³/mol. The van der Waals surface area contributed by atoms with Gasteiger partial charge in [0.15, 0.2) is 0 Å². The Morgan fingerprint density at radius 2 is 2.08 bits per heavy atom. The summed E-state index contributed by atoms with van der Waals surface area (Å²) in [5.74, 6) is -1.93. The Labute approximate surface area is 136 Å². The van der Waals surface area contributed by atoms with Gasteiger partial charge in [-0.05, 0) is 24.6 Å². The van der Waals surface area contributed by atoms with E-state index in [4.69, 9.17) is 4.74 Å². The van der Waals surface area contributed by atoms with Crippen molar-refractivity contribution in [3.8, 4) is 0 Å². The molecule has 1 aromatic carbocycles. The highest BCUT2D eigenvalue weighted by Crippen LogP contribution is 2.43. The smallest absolute Gasteiger partial charge is 0.416 e. The van der Waals surface area contributed by atoms with E-state index in [1.165, 1.54) is 17.0 Å². The molecule has 8 heteroatoms. The van der Waals surface area contributed by atoms with Gasteiger partial charge in [-0.25, -0.2) is 0 Å². The topological polar surface area (TPSA) is 66.8 Å². The number of carbonyl (C=O) groups excluding carboxylic acids is 1. The van der Waals surface area contributed by atoms with Gasteiger partial charge in [-0.15, -0.1) is 0 Å². The summed E-state index contributed by atoms with van der Waals surface area (Å²) in [4.78, 5) is 25.6. The first-order valence-electron chi connectivity index (χ1n) is 7.52. The molecule has 1 amide bonds. The summed E-state index contributed by atoms with van der Waals surface area (Å²) in [6.45, 7) is 0.694. The molecule has 5 nitrogen and oxygen atoms in total. The number of alkyl halides is 3. The fraction of sp³-hybridized carbons (Fsp3) is 0.500. The Hall–Kier alpha value is -2.09. The van der Waals surface area contributed by atoms with E-state index in [9.17, 15) is 27.9 Å². The highest BCUT2D eigenvalue weighted by Gasteiger charge is 2.55. The summed E-state index contributed by atoms with van der Waals surface area (Å²) in [6, 6.07) is 4.18. The summed E-state index contributed by atoms with van der Waals surface area (Å²) < 4.78 is 43.7. The maximum absolute atomic E-state index is 12.8. The van der Waals surface area contributed by atoms with Crippen molar-refractivity contribution in [2.45, 2.75) is 12.6 Å². The van der Waals surface area contributed by atoms with Crippen LogP contribution in [0.4, 0.5) is 13.2 Å². The number of halogens is 3. The van der Waals surface area contributed by atoms with Crippen LogP contribution in [0.2, 0.25) is 0 Å². The Morgan fingerprint density at radius 1 is 1.33 bits per heavy atom. The lowest BCUT2D eigenvalue weighted by Crippen LogP contribution is -2.45. The Morgan fingerprint density at radius 3 is 2.71 bits per heavy atom. The zero-order valence-corrected chi connectivity index (χ0v) is 12.7. The number of hydrogen-bond acceptors (Lipinski definition) is 3. The molecule has 1 aromatic rings. The van der Waals surface area contributed by atoms with Crippen LogP contribution < -0.4 is 0 Å². The number of ether oxygens (including phenoxy) is 1. The summed E-state index contributed by atoms with van der Waals surface area (Å²) in [6.07, 6.45) is -4.25. The van der Waals surface area contributed by atoms with Crippen LogP contribution in [0, 0.1) is 11.3 Å². The maximum atomic E-state index is 12.8. The summed E-state index contributed by atoms with van der Waals surface area (Å²) in [7, 11) is 0. The van der Waals surface area contributed by atoms with E-state index >= 15 is 0 Å². The van der Waals surface area contributed by atoms with Gasteiger partial charge in [0.2, 0.25) is 0 Å². The molecule has 2 aliphatic heterocycles.